The van der Waals surface area contributed by atoms with Crippen molar-refractivity contribution in [3.63, 3.8) is 0 Å². The second kappa shape index (κ2) is 6.80. The highest BCUT2D eigenvalue weighted by Gasteiger charge is 2.28. The van der Waals surface area contributed by atoms with E-state index in [0.717, 1.165) is 5.69 Å². The van der Waals surface area contributed by atoms with E-state index in [9.17, 15) is 17.6 Å². The van der Waals surface area contributed by atoms with E-state index in [-0.39, 0.29) is 17.5 Å². The highest BCUT2D eigenvalue weighted by atomic mass is 32.2. The van der Waals surface area contributed by atoms with Crippen LogP contribution in [0.25, 0.3) is 0 Å². The topological polar surface area (TPSA) is 73.3 Å². The molecule has 0 bridgehead atoms. The zero-order valence-electron chi connectivity index (χ0n) is 14.6. The third-order valence-corrected chi connectivity index (χ3v) is 5.99. The Morgan fingerprint density at radius 1 is 1.00 bits per heavy atom. The molecular formula is C18H19FN4O3S. The number of nitrogens with zero attached hydrogens (tertiary/aromatic N) is 4. The minimum absolute atomic E-state index is 0.0569. The van der Waals surface area contributed by atoms with Gasteiger partial charge in [0.25, 0.3) is 15.9 Å². The fraction of sp³-hybridized carbons (Fsp3) is 0.333. The molecular weight excluding hydrogens is 371 g/mol. The Hall–Kier alpha value is -2.68. The molecule has 1 aromatic carbocycles. The number of halogens is 1. The summed E-state index contributed by atoms with van der Waals surface area (Å²) in [6.07, 6.45) is 4.85. The molecule has 0 saturated carbocycles. The van der Waals surface area contributed by atoms with Crippen LogP contribution in [0, 0.1) is 5.82 Å². The van der Waals surface area contributed by atoms with Gasteiger partial charge in [0.1, 0.15) is 11.7 Å². The van der Waals surface area contributed by atoms with E-state index < -0.39 is 10.0 Å². The van der Waals surface area contributed by atoms with Gasteiger partial charge in [-0.2, -0.15) is 0 Å². The standard InChI is InChI=1S/C18H19FN4O3S/c19-15-2-4-16(5-3-15)21-7-9-22(10-8-21)18(24)14-1-6-17-20-27(25,26)12-11-23(17)13-14/h1-6,13H,7-12H2. The molecule has 27 heavy (non-hydrogen) atoms. The maximum Gasteiger partial charge on any atom is 0.256 e. The molecule has 0 aliphatic carbocycles. The van der Waals surface area contributed by atoms with E-state index in [4.69, 9.17) is 0 Å². The number of piperazine rings is 1. The molecule has 9 heteroatoms. The lowest BCUT2D eigenvalue weighted by Gasteiger charge is -2.37. The number of anilines is 1. The molecule has 1 aromatic rings. The van der Waals surface area contributed by atoms with Crippen molar-refractivity contribution < 1.29 is 17.6 Å². The van der Waals surface area contributed by atoms with Gasteiger partial charge < -0.3 is 14.7 Å². The lowest BCUT2D eigenvalue weighted by molar-refractivity contribution is -0.127. The van der Waals surface area contributed by atoms with E-state index in [1.54, 1.807) is 40.3 Å². The zero-order valence-corrected chi connectivity index (χ0v) is 15.4. The molecule has 1 amide bonds. The molecule has 7 nitrogen and oxygen atoms in total. The van der Waals surface area contributed by atoms with Crippen molar-refractivity contribution in [1.82, 2.24) is 9.80 Å². The van der Waals surface area contributed by atoms with Crippen molar-refractivity contribution in [3.8, 4) is 0 Å². The lowest BCUT2D eigenvalue weighted by atomic mass is 10.1. The summed E-state index contributed by atoms with van der Waals surface area (Å²) in [7, 11) is -3.41. The first-order valence-electron chi connectivity index (χ1n) is 8.70. The van der Waals surface area contributed by atoms with E-state index in [1.807, 2.05) is 0 Å². The largest absolute Gasteiger partial charge is 0.368 e. The number of rotatable bonds is 2. The fourth-order valence-electron chi connectivity index (χ4n) is 3.33. The molecule has 0 spiro atoms. The maximum absolute atomic E-state index is 13.1. The molecule has 0 aromatic heterocycles. The summed E-state index contributed by atoms with van der Waals surface area (Å²) >= 11 is 0. The number of sulfonamides is 1. The first-order valence-corrected chi connectivity index (χ1v) is 10.3. The van der Waals surface area contributed by atoms with Crippen LogP contribution in [-0.2, 0) is 14.8 Å². The van der Waals surface area contributed by atoms with Gasteiger partial charge in [-0.25, -0.2) is 12.8 Å². The Balaban J connectivity index is 1.41. The van der Waals surface area contributed by atoms with Gasteiger partial charge in [0.05, 0.1) is 11.3 Å². The van der Waals surface area contributed by atoms with Crippen LogP contribution in [0.5, 0.6) is 0 Å². The summed E-state index contributed by atoms with van der Waals surface area (Å²) in [5, 5.41) is 0. The Morgan fingerprint density at radius 2 is 1.70 bits per heavy atom. The van der Waals surface area contributed by atoms with Crippen LogP contribution >= 0.6 is 0 Å². The van der Waals surface area contributed by atoms with Gasteiger partial charge in [-0.15, -0.1) is 4.40 Å². The van der Waals surface area contributed by atoms with Crippen LogP contribution in [0.15, 0.2) is 52.6 Å². The summed E-state index contributed by atoms with van der Waals surface area (Å²) < 4.78 is 39.9. The van der Waals surface area contributed by atoms with Gasteiger partial charge in [-0.05, 0) is 36.4 Å². The average molecular weight is 390 g/mol. The Bertz CT molecular complexity index is 945. The Labute approximate surface area is 157 Å². The lowest BCUT2D eigenvalue weighted by Crippen LogP contribution is -2.49. The molecule has 1 saturated heterocycles. The summed E-state index contributed by atoms with van der Waals surface area (Å²) in [5.41, 5.74) is 1.46. The van der Waals surface area contributed by atoms with Crippen LogP contribution in [0.1, 0.15) is 0 Å². The Morgan fingerprint density at radius 3 is 2.41 bits per heavy atom. The normalized spacial score (nSPS) is 21.4. The van der Waals surface area contributed by atoms with Crippen molar-refractivity contribution >= 4 is 27.5 Å². The number of amides is 1. The van der Waals surface area contributed by atoms with Crippen LogP contribution in [0.4, 0.5) is 10.1 Å². The van der Waals surface area contributed by atoms with Crippen molar-refractivity contribution in [2.45, 2.75) is 0 Å². The quantitative estimate of drug-likeness (QED) is 0.753. The molecule has 3 heterocycles. The van der Waals surface area contributed by atoms with E-state index >= 15 is 0 Å². The van der Waals surface area contributed by atoms with Gasteiger partial charge in [-0.1, -0.05) is 0 Å². The monoisotopic (exact) mass is 390 g/mol. The number of hydrogen-bond donors (Lipinski definition) is 0. The molecule has 142 valence electrons. The molecule has 0 N–H and O–H groups in total. The van der Waals surface area contributed by atoms with Gasteiger partial charge >= 0.3 is 0 Å². The molecule has 0 unspecified atom stereocenters. The van der Waals surface area contributed by atoms with Gasteiger partial charge in [0.15, 0.2) is 0 Å². The predicted molar refractivity (Wildman–Crippen MR) is 100 cm³/mol. The van der Waals surface area contributed by atoms with Gasteiger partial charge in [-0.3, -0.25) is 4.79 Å². The van der Waals surface area contributed by atoms with Crippen molar-refractivity contribution in [1.29, 1.82) is 0 Å². The number of hydrogen-bond acceptors (Lipinski definition) is 5. The van der Waals surface area contributed by atoms with Crippen LogP contribution < -0.4 is 4.90 Å². The highest BCUT2D eigenvalue weighted by Crippen LogP contribution is 2.20. The summed E-state index contributed by atoms with van der Waals surface area (Å²) in [6.45, 7) is 2.76. The van der Waals surface area contributed by atoms with Crippen molar-refractivity contribution in [3.05, 3.63) is 54.0 Å². The number of carbonyl (C=O) groups excluding carboxylic acids is 1. The first-order chi connectivity index (χ1) is 12.9. The minimum Gasteiger partial charge on any atom is -0.368 e. The summed E-state index contributed by atoms with van der Waals surface area (Å²) in [5.74, 6) is -0.0630. The van der Waals surface area contributed by atoms with Crippen LogP contribution in [-0.4, -0.2) is 68.4 Å². The molecule has 3 aliphatic heterocycles. The molecule has 0 radical (unpaired) electrons. The van der Waals surface area contributed by atoms with Gasteiger partial charge in [0.2, 0.25) is 0 Å². The minimum atomic E-state index is -3.41. The van der Waals surface area contributed by atoms with Gasteiger partial charge in [0, 0.05) is 44.6 Å². The number of carbonyl (C=O) groups is 1. The molecule has 4 rings (SSSR count). The van der Waals surface area contributed by atoms with E-state index in [1.165, 1.54) is 12.1 Å². The molecule has 1 fully saturated rings. The third kappa shape index (κ3) is 3.73. The Kier molecular flexibility index (Phi) is 4.47. The van der Waals surface area contributed by atoms with E-state index in [2.05, 4.69) is 9.30 Å². The second-order valence-electron chi connectivity index (χ2n) is 6.60. The average Bonchev–Trinajstić information content (AvgIpc) is 2.67. The summed E-state index contributed by atoms with van der Waals surface area (Å²) in [6, 6.07) is 6.35. The zero-order chi connectivity index (χ0) is 19.0. The number of amidine groups is 1. The smallest absolute Gasteiger partial charge is 0.256 e. The third-order valence-electron chi connectivity index (χ3n) is 4.83. The van der Waals surface area contributed by atoms with Crippen LogP contribution in [0.2, 0.25) is 0 Å². The fourth-order valence-corrected chi connectivity index (χ4v) is 4.30. The molecule has 0 atom stereocenters. The summed E-state index contributed by atoms with van der Waals surface area (Å²) in [4.78, 5) is 18.4. The predicted octanol–water partition coefficient (Wildman–Crippen LogP) is 0.972. The molecule has 3 aliphatic rings. The van der Waals surface area contributed by atoms with E-state index in [0.29, 0.717) is 44.1 Å². The highest BCUT2D eigenvalue weighted by molar-refractivity contribution is 7.90. The second-order valence-corrected chi connectivity index (χ2v) is 8.36. The SMILES string of the molecule is O=C(C1=CN2CCS(=O)(=O)N=C2C=C1)N1CCN(c2ccc(F)cc2)CC1. The number of benzene rings is 1. The maximum atomic E-state index is 13.1. The van der Waals surface area contributed by atoms with Crippen LogP contribution in [0.3, 0.4) is 0 Å². The van der Waals surface area contributed by atoms with Crippen molar-refractivity contribution in [2.75, 3.05) is 43.4 Å². The first kappa shape index (κ1) is 17.7. The number of fused-ring (bicyclic) bond motifs is 1. The van der Waals surface area contributed by atoms with Crippen molar-refractivity contribution in [2.24, 2.45) is 4.40 Å².